The minimum absolute atomic E-state index is 0.102. The Kier molecular flexibility index (Phi) is 4.46. The van der Waals surface area contributed by atoms with E-state index in [4.69, 9.17) is 5.11 Å². The minimum Gasteiger partial charge on any atom is -0.476 e. The van der Waals surface area contributed by atoms with E-state index in [1.165, 1.54) is 0 Å². The van der Waals surface area contributed by atoms with Crippen molar-refractivity contribution < 1.29 is 9.90 Å². The zero-order valence-corrected chi connectivity index (χ0v) is 10.1. The number of hydrogen-bond donors (Lipinski definition) is 1. The maximum absolute atomic E-state index is 11.0. The number of aromatic carboxylic acids is 1. The first-order valence-corrected chi connectivity index (χ1v) is 5.79. The first-order valence-electron chi connectivity index (χ1n) is 5.79. The Hall–Kier alpha value is -1.39. The van der Waals surface area contributed by atoms with Gasteiger partial charge in [0.1, 0.15) is 0 Å². The van der Waals surface area contributed by atoms with Crippen LogP contribution < -0.4 is 0 Å². The van der Waals surface area contributed by atoms with Crippen LogP contribution in [0, 0.1) is 0 Å². The third kappa shape index (κ3) is 2.59. The van der Waals surface area contributed by atoms with Crippen molar-refractivity contribution in [3.63, 3.8) is 0 Å². The number of aromatic nitrogens is 3. The predicted molar refractivity (Wildman–Crippen MR) is 60.6 cm³/mol. The van der Waals surface area contributed by atoms with Gasteiger partial charge in [0.05, 0.1) is 11.7 Å². The van der Waals surface area contributed by atoms with E-state index in [9.17, 15) is 4.79 Å². The maximum atomic E-state index is 11.0. The number of carbonyl (C=O) groups is 1. The molecule has 1 heterocycles. The number of nitrogens with zero attached hydrogens (tertiary/aromatic N) is 3. The zero-order valence-electron chi connectivity index (χ0n) is 10.1. The second kappa shape index (κ2) is 5.63. The van der Waals surface area contributed by atoms with Crippen LogP contribution in [-0.2, 0) is 6.42 Å². The second-order valence-electron chi connectivity index (χ2n) is 4.02. The monoisotopic (exact) mass is 225 g/mol. The highest BCUT2D eigenvalue weighted by atomic mass is 16.4. The maximum Gasteiger partial charge on any atom is 0.358 e. The van der Waals surface area contributed by atoms with E-state index in [2.05, 4.69) is 17.2 Å². The highest BCUT2D eigenvalue weighted by Crippen LogP contribution is 2.17. The lowest BCUT2D eigenvalue weighted by Crippen LogP contribution is -2.12. The van der Waals surface area contributed by atoms with Crippen LogP contribution in [0.1, 0.15) is 62.3 Å². The smallest absolute Gasteiger partial charge is 0.358 e. The number of rotatable bonds is 6. The van der Waals surface area contributed by atoms with Gasteiger partial charge in [-0.2, -0.15) is 0 Å². The Morgan fingerprint density at radius 1 is 1.44 bits per heavy atom. The van der Waals surface area contributed by atoms with Gasteiger partial charge in [-0.3, -0.25) is 0 Å². The molecule has 0 aromatic carbocycles. The molecule has 0 amide bonds. The lowest BCUT2D eigenvalue weighted by molar-refractivity contribution is 0.0689. The molecule has 1 aromatic heterocycles. The Morgan fingerprint density at radius 2 is 2.12 bits per heavy atom. The van der Waals surface area contributed by atoms with E-state index in [1.54, 1.807) is 4.68 Å². The van der Waals surface area contributed by atoms with Crippen LogP contribution in [0.2, 0.25) is 0 Å². The third-order valence-electron chi connectivity index (χ3n) is 2.60. The Morgan fingerprint density at radius 3 is 2.62 bits per heavy atom. The van der Waals surface area contributed by atoms with Crippen molar-refractivity contribution in [2.75, 3.05) is 0 Å². The number of carboxylic acids is 1. The van der Waals surface area contributed by atoms with E-state index >= 15 is 0 Å². The Balaban J connectivity index is 3.04. The van der Waals surface area contributed by atoms with E-state index < -0.39 is 5.97 Å². The van der Waals surface area contributed by atoms with Gasteiger partial charge in [-0.15, -0.1) is 5.10 Å². The molecule has 0 saturated carbocycles. The molecule has 0 saturated heterocycles. The number of hydrogen-bond acceptors (Lipinski definition) is 3. The van der Waals surface area contributed by atoms with Crippen molar-refractivity contribution in [1.29, 1.82) is 0 Å². The number of carboxylic acid groups (broad SMARTS) is 1. The van der Waals surface area contributed by atoms with Crippen LogP contribution in [0.15, 0.2) is 0 Å². The molecule has 1 atom stereocenters. The normalized spacial score (nSPS) is 12.7. The average molecular weight is 225 g/mol. The van der Waals surface area contributed by atoms with Crippen LogP contribution in [0.25, 0.3) is 0 Å². The van der Waals surface area contributed by atoms with E-state index in [-0.39, 0.29) is 11.7 Å². The van der Waals surface area contributed by atoms with Crippen molar-refractivity contribution in [1.82, 2.24) is 15.0 Å². The average Bonchev–Trinajstić information content (AvgIpc) is 2.62. The van der Waals surface area contributed by atoms with Crippen LogP contribution in [-0.4, -0.2) is 26.1 Å². The summed E-state index contributed by atoms with van der Waals surface area (Å²) in [6, 6.07) is 0.215. The molecule has 0 bridgehead atoms. The summed E-state index contributed by atoms with van der Waals surface area (Å²) in [5, 5.41) is 16.7. The molecule has 1 N–H and O–H groups in total. The summed E-state index contributed by atoms with van der Waals surface area (Å²) in [6.45, 7) is 6.17. The fourth-order valence-electron chi connectivity index (χ4n) is 1.84. The molecule has 1 aromatic rings. The lowest BCUT2D eigenvalue weighted by atomic mass is 10.1. The summed E-state index contributed by atoms with van der Waals surface area (Å²) < 4.78 is 1.76. The summed E-state index contributed by atoms with van der Waals surface area (Å²) in [5.74, 6) is -0.988. The molecule has 0 radical (unpaired) electrons. The predicted octanol–water partition coefficient (Wildman–Crippen LogP) is 2.29. The molecule has 90 valence electrons. The van der Waals surface area contributed by atoms with Crippen molar-refractivity contribution in [2.45, 2.75) is 52.5 Å². The quantitative estimate of drug-likeness (QED) is 0.806. The zero-order chi connectivity index (χ0) is 12.1. The van der Waals surface area contributed by atoms with Crippen LogP contribution >= 0.6 is 0 Å². The van der Waals surface area contributed by atoms with Gasteiger partial charge in [-0.1, -0.05) is 31.9 Å². The fourth-order valence-corrected chi connectivity index (χ4v) is 1.84. The van der Waals surface area contributed by atoms with Gasteiger partial charge in [-0.05, 0) is 19.8 Å². The standard InChI is InChI=1S/C11H19N3O2/c1-4-6-8(3)14-9(7-5-2)10(11(15)16)12-13-14/h8H,4-7H2,1-3H3,(H,15,16). The molecule has 0 aliphatic rings. The molecule has 16 heavy (non-hydrogen) atoms. The van der Waals surface area contributed by atoms with Crippen LogP contribution in [0.5, 0.6) is 0 Å². The molecule has 0 fully saturated rings. The summed E-state index contributed by atoms with van der Waals surface area (Å²) in [7, 11) is 0. The van der Waals surface area contributed by atoms with Gasteiger partial charge in [0.15, 0.2) is 5.69 Å². The Bertz CT molecular complexity index is 360. The second-order valence-corrected chi connectivity index (χ2v) is 4.02. The van der Waals surface area contributed by atoms with Gasteiger partial charge >= 0.3 is 5.97 Å². The summed E-state index contributed by atoms with van der Waals surface area (Å²) >= 11 is 0. The van der Waals surface area contributed by atoms with Crippen molar-refractivity contribution in [3.05, 3.63) is 11.4 Å². The third-order valence-corrected chi connectivity index (χ3v) is 2.60. The summed E-state index contributed by atoms with van der Waals surface area (Å²) in [6.07, 6.45) is 3.64. The van der Waals surface area contributed by atoms with Gasteiger partial charge in [0.25, 0.3) is 0 Å². The lowest BCUT2D eigenvalue weighted by Gasteiger charge is -2.13. The van der Waals surface area contributed by atoms with Crippen molar-refractivity contribution in [2.24, 2.45) is 0 Å². The van der Waals surface area contributed by atoms with Gasteiger partial charge in [0.2, 0.25) is 0 Å². The molecule has 0 spiro atoms. The van der Waals surface area contributed by atoms with E-state index in [0.29, 0.717) is 6.42 Å². The SMILES string of the molecule is CCCc1c(C(=O)O)nnn1C(C)CCC. The molecular formula is C11H19N3O2. The summed E-state index contributed by atoms with van der Waals surface area (Å²) in [4.78, 5) is 11.0. The fraction of sp³-hybridized carbons (Fsp3) is 0.727. The molecular weight excluding hydrogens is 206 g/mol. The van der Waals surface area contributed by atoms with E-state index in [1.807, 2.05) is 13.8 Å². The van der Waals surface area contributed by atoms with E-state index in [0.717, 1.165) is 25.0 Å². The molecule has 5 heteroatoms. The van der Waals surface area contributed by atoms with Crippen molar-refractivity contribution in [3.8, 4) is 0 Å². The largest absolute Gasteiger partial charge is 0.476 e. The highest BCUT2D eigenvalue weighted by molar-refractivity contribution is 5.86. The first kappa shape index (κ1) is 12.7. The van der Waals surface area contributed by atoms with Crippen LogP contribution in [0.3, 0.4) is 0 Å². The summed E-state index contributed by atoms with van der Waals surface area (Å²) in [5.41, 5.74) is 0.848. The topological polar surface area (TPSA) is 68.0 Å². The van der Waals surface area contributed by atoms with Gasteiger partial charge in [-0.25, -0.2) is 9.48 Å². The minimum atomic E-state index is -0.988. The molecule has 5 nitrogen and oxygen atoms in total. The van der Waals surface area contributed by atoms with Gasteiger partial charge < -0.3 is 5.11 Å². The Labute approximate surface area is 95.5 Å². The molecule has 1 unspecified atom stereocenters. The molecule has 1 rings (SSSR count). The molecule has 0 aliphatic carbocycles. The van der Waals surface area contributed by atoms with Crippen molar-refractivity contribution >= 4 is 5.97 Å². The van der Waals surface area contributed by atoms with Gasteiger partial charge in [0, 0.05) is 0 Å². The first-order chi connectivity index (χ1) is 7.61. The van der Waals surface area contributed by atoms with Crippen LogP contribution in [0.4, 0.5) is 0 Å². The highest BCUT2D eigenvalue weighted by Gasteiger charge is 2.20. The molecule has 0 aliphatic heterocycles.